The molecule has 0 amide bonds. The molecule has 0 saturated heterocycles. The number of allylic oxidation sites excluding steroid dienone is 2. The van der Waals surface area contributed by atoms with Gasteiger partial charge in [-0.2, -0.15) is 0 Å². The topological polar surface area (TPSA) is 52.6 Å². The third-order valence-electron chi connectivity index (χ3n) is 4.04. The molecule has 0 heterocycles. The lowest BCUT2D eigenvalue weighted by Crippen LogP contribution is -2.32. The number of hydrogen-bond acceptors (Lipinski definition) is 4. The average Bonchev–Trinajstić information content (AvgIpc) is 2.51. The number of benzene rings is 1. The summed E-state index contributed by atoms with van der Waals surface area (Å²) in [6.07, 6.45) is 5.34. The lowest BCUT2D eigenvalue weighted by molar-refractivity contribution is -0.144. The van der Waals surface area contributed by atoms with Crippen LogP contribution in [-0.2, 0) is 14.9 Å². The van der Waals surface area contributed by atoms with Crippen LogP contribution in [0.15, 0.2) is 30.4 Å². The van der Waals surface area contributed by atoms with Crippen molar-refractivity contribution in [3.05, 3.63) is 41.5 Å². The minimum atomic E-state index is -0.501. The number of ether oxygens (including phenoxy) is 2. The molecule has 1 aliphatic rings. The summed E-state index contributed by atoms with van der Waals surface area (Å²) in [5, 5.41) is 0. The lowest BCUT2D eigenvalue weighted by Gasteiger charge is -2.34. The molecule has 1 atom stereocenters. The van der Waals surface area contributed by atoms with Crippen LogP contribution in [0.3, 0.4) is 0 Å². The van der Waals surface area contributed by atoms with Crippen LogP contribution in [0, 0.1) is 0 Å². The maximum Gasteiger partial charge on any atom is 0.306 e. The fourth-order valence-electron chi connectivity index (χ4n) is 3.07. The van der Waals surface area contributed by atoms with Gasteiger partial charge in [0.05, 0.1) is 20.1 Å². The molecule has 0 N–H and O–H groups in total. The predicted molar refractivity (Wildman–Crippen MR) is 84.3 cm³/mol. The molecule has 0 radical (unpaired) electrons. The summed E-state index contributed by atoms with van der Waals surface area (Å²) in [5.41, 5.74) is 0.994. The lowest BCUT2D eigenvalue weighted by atomic mass is 9.69. The third-order valence-corrected chi connectivity index (χ3v) is 4.04. The highest BCUT2D eigenvalue weighted by Gasteiger charge is 2.38. The second kappa shape index (κ2) is 6.77. The van der Waals surface area contributed by atoms with Gasteiger partial charge >= 0.3 is 5.97 Å². The van der Waals surface area contributed by atoms with Crippen LogP contribution in [0.4, 0.5) is 0 Å². The molecule has 2 rings (SSSR count). The van der Waals surface area contributed by atoms with E-state index in [1.165, 1.54) is 0 Å². The quantitative estimate of drug-likeness (QED) is 0.755. The second-order valence-electron chi connectivity index (χ2n) is 5.50. The van der Waals surface area contributed by atoms with Crippen molar-refractivity contribution in [3.63, 3.8) is 0 Å². The summed E-state index contributed by atoms with van der Waals surface area (Å²) in [5.74, 6) is 0.406. The molecule has 0 saturated carbocycles. The Morgan fingerprint density at radius 3 is 2.68 bits per heavy atom. The van der Waals surface area contributed by atoms with Crippen molar-refractivity contribution in [1.82, 2.24) is 0 Å². The Hall–Kier alpha value is -2.10. The van der Waals surface area contributed by atoms with Crippen LogP contribution < -0.4 is 4.74 Å². The first-order valence-corrected chi connectivity index (χ1v) is 7.64. The van der Waals surface area contributed by atoms with E-state index in [-0.39, 0.29) is 18.2 Å². The Labute approximate surface area is 131 Å². The molecule has 1 aromatic rings. The molecule has 0 fully saturated rings. The first-order valence-electron chi connectivity index (χ1n) is 7.64. The van der Waals surface area contributed by atoms with Crippen molar-refractivity contribution in [2.75, 3.05) is 13.7 Å². The van der Waals surface area contributed by atoms with E-state index < -0.39 is 5.41 Å². The second-order valence-corrected chi connectivity index (χ2v) is 5.50. The number of hydrogen-bond donors (Lipinski definition) is 0. The van der Waals surface area contributed by atoms with Gasteiger partial charge in [0.2, 0.25) is 0 Å². The maximum atomic E-state index is 12.1. The minimum absolute atomic E-state index is 0.0340. The molecule has 4 heteroatoms. The van der Waals surface area contributed by atoms with Crippen LogP contribution in [0.25, 0.3) is 0 Å². The van der Waals surface area contributed by atoms with Crippen molar-refractivity contribution in [3.8, 4) is 5.75 Å². The number of esters is 1. The van der Waals surface area contributed by atoms with E-state index in [2.05, 4.69) is 6.92 Å². The standard InChI is InChI=1S/C18H22O4/c1-4-9-18(12-17(20)22-5-2)10-8-16(19)14-7-6-13(21-3)11-15(14)18/h6-8,10-11H,4-5,9,12H2,1-3H3/t18-/m0/s1. The minimum Gasteiger partial charge on any atom is -0.497 e. The molecule has 118 valence electrons. The molecular weight excluding hydrogens is 280 g/mol. The highest BCUT2D eigenvalue weighted by molar-refractivity contribution is 6.07. The molecule has 1 aliphatic carbocycles. The van der Waals surface area contributed by atoms with Gasteiger partial charge in [-0.3, -0.25) is 9.59 Å². The third kappa shape index (κ3) is 3.06. The summed E-state index contributed by atoms with van der Waals surface area (Å²) in [6, 6.07) is 5.41. The van der Waals surface area contributed by atoms with Gasteiger partial charge in [0, 0.05) is 11.0 Å². The van der Waals surface area contributed by atoms with Crippen molar-refractivity contribution < 1.29 is 19.1 Å². The zero-order chi connectivity index (χ0) is 16.2. The van der Waals surface area contributed by atoms with Crippen LogP contribution in [0.2, 0.25) is 0 Å². The van der Waals surface area contributed by atoms with Gasteiger partial charge in [-0.25, -0.2) is 0 Å². The van der Waals surface area contributed by atoms with Crippen molar-refractivity contribution >= 4 is 11.8 Å². The van der Waals surface area contributed by atoms with Crippen molar-refractivity contribution in [2.45, 2.75) is 38.5 Å². The number of rotatable bonds is 6. The first kappa shape index (κ1) is 16.3. The number of carbonyl (C=O) groups is 2. The zero-order valence-electron chi connectivity index (χ0n) is 13.3. The zero-order valence-corrected chi connectivity index (χ0v) is 13.3. The van der Waals surface area contributed by atoms with E-state index >= 15 is 0 Å². The predicted octanol–water partition coefficient (Wildman–Crippen LogP) is 3.44. The molecule has 1 aromatic carbocycles. The highest BCUT2D eigenvalue weighted by Crippen LogP contribution is 2.41. The van der Waals surface area contributed by atoms with Crippen molar-refractivity contribution in [1.29, 1.82) is 0 Å². The van der Waals surface area contributed by atoms with E-state index in [1.807, 2.05) is 12.1 Å². The Balaban J connectivity index is 2.51. The fourth-order valence-corrected chi connectivity index (χ4v) is 3.07. The monoisotopic (exact) mass is 302 g/mol. The average molecular weight is 302 g/mol. The summed E-state index contributed by atoms with van der Waals surface area (Å²) in [4.78, 5) is 24.2. The Kier molecular flexibility index (Phi) is 5.01. The van der Waals surface area contributed by atoms with E-state index in [4.69, 9.17) is 9.47 Å². The van der Waals surface area contributed by atoms with Gasteiger partial charge in [0.15, 0.2) is 5.78 Å². The van der Waals surface area contributed by atoms with Crippen LogP contribution in [0.1, 0.15) is 49.0 Å². The van der Waals surface area contributed by atoms with Gasteiger partial charge < -0.3 is 9.47 Å². The van der Waals surface area contributed by atoms with Gasteiger partial charge in [0.1, 0.15) is 5.75 Å². The normalized spacial score (nSPS) is 19.7. The number of methoxy groups -OCH3 is 1. The highest BCUT2D eigenvalue weighted by atomic mass is 16.5. The summed E-state index contributed by atoms with van der Waals surface area (Å²) in [7, 11) is 1.59. The molecule has 4 nitrogen and oxygen atoms in total. The van der Waals surface area contributed by atoms with Crippen molar-refractivity contribution in [2.24, 2.45) is 0 Å². The molecule has 0 spiro atoms. The van der Waals surface area contributed by atoms with Gasteiger partial charge in [-0.05, 0) is 43.2 Å². The Morgan fingerprint density at radius 2 is 2.05 bits per heavy atom. The maximum absolute atomic E-state index is 12.1. The van der Waals surface area contributed by atoms with Gasteiger partial charge in [-0.1, -0.05) is 19.4 Å². The fraction of sp³-hybridized carbons (Fsp3) is 0.444. The van der Waals surface area contributed by atoms with Crippen LogP contribution in [-0.4, -0.2) is 25.5 Å². The number of ketones is 1. The van der Waals surface area contributed by atoms with Crippen LogP contribution >= 0.6 is 0 Å². The van der Waals surface area contributed by atoms with Gasteiger partial charge in [-0.15, -0.1) is 0 Å². The number of carbonyl (C=O) groups excluding carboxylic acids is 2. The summed E-state index contributed by atoms with van der Waals surface area (Å²) >= 11 is 0. The molecule has 0 bridgehead atoms. The summed E-state index contributed by atoms with van der Waals surface area (Å²) < 4.78 is 10.4. The molecule has 0 aliphatic heterocycles. The molecular formula is C18H22O4. The summed E-state index contributed by atoms with van der Waals surface area (Å²) in [6.45, 7) is 4.22. The van der Waals surface area contributed by atoms with Crippen LogP contribution in [0.5, 0.6) is 5.75 Å². The Bertz CT molecular complexity index is 603. The van der Waals surface area contributed by atoms with Gasteiger partial charge in [0.25, 0.3) is 0 Å². The molecule has 22 heavy (non-hydrogen) atoms. The first-order chi connectivity index (χ1) is 10.6. The van der Waals surface area contributed by atoms with E-state index in [1.54, 1.807) is 32.2 Å². The Morgan fingerprint density at radius 1 is 1.27 bits per heavy atom. The SMILES string of the molecule is CCC[C@@]1(CC(=O)OCC)C=CC(=O)c2ccc(OC)cc21. The smallest absolute Gasteiger partial charge is 0.306 e. The largest absolute Gasteiger partial charge is 0.497 e. The van der Waals surface area contributed by atoms with E-state index in [0.717, 1.165) is 18.4 Å². The molecule has 0 unspecified atom stereocenters. The molecule has 0 aromatic heterocycles. The van der Waals surface area contributed by atoms with E-state index in [0.29, 0.717) is 17.9 Å². The number of fused-ring (bicyclic) bond motifs is 1. The van der Waals surface area contributed by atoms with E-state index in [9.17, 15) is 9.59 Å².